The van der Waals surface area contributed by atoms with Gasteiger partial charge in [0, 0.05) is 24.4 Å². The molecular formula is C13H12N4O3. The van der Waals surface area contributed by atoms with E-state index >= 15 is 0 Å². The molecule has 102 valence electrons. The van der Waals surface area contributed by atoms with Crippen LogP contribution in [0.15, 0.2) is 29.3 Å². The Morgan fingerprint density at radius 1 is 1.50 bits per heavy atom. The monoisotopic (exact) mass is 272 g/mol. The van der Waals surface area contributed by atoms with Crippen molar-refractivity contribution in [1.29, 1.82) is 0 Å². The molecule has 20 heavy (non-hydrogen) atoms. The molecule has 2 heterocycles. The van der Waals surface area contributed by atoms with Gasteiger partial charge in [0.15, 0.2) is 0 Å². The van der Waals surface area contributed by atoms with Crippen LogP contribution in [0.4, 0.5) is 5.82 Å². The van der Waals surface area contributed by atoms with Crippen molar-refractivity contribution in [3.63, 3.8) is 0 Å². The van der Waals surface area contributed by atoms with Crippen molar-refractivity contribution in [2.24, 2.45) is 0 Å². The van der Waals surface area contributed by atoms with Crippen molar-refractivity contribution < 1.29 is 9.90 Å². The predicted molar refractivity (Wildman–Crippen MR) is 72.2 cm³/mol. The number of aromatic nitrogens is 3. The van der Waals surface area contributed by atoms with E-state index in [4.69, 9.17) is 5.11 Å². The van der Waals surface area contributed by atoms with Gasteiger partial charge >= 0.3 is 5.69 Å². The maximum Gasteiger partial charge on any atom is 0.323 e. The van der Waals surface area contributed by atoms with E-state index in [1.54, 1.807) is 12.1 Å². The van der Waals surface area contributed by atoms with Crippen LogP contribution in [0.3, 0.4) is 0 Å². The summed E-state index contributed by atoms with van der Waals surface area (Å²) in [6.45, 7) is 0.00251. The summed E-state index contributed by atoms with van der Waals surface area (Å²) >= 11 is 0. The number of nitrogens with zero attached hydrogens (tertiary/aromatic N) is 1. The maximum atomic E-state index is 11.8. The minimum Gasteiger partial charge on any atom is -0.395 e. The highest BCUT2D eigenvalue weighted by Crippen LogP contribution is 2.07. The fourth-order valence-corrected chi connectivity index (χ4v) is 1.44. The summed E-state index contributed by atoms with van der Waals surface area (Å²) in [5.74, 6) is 5.46. The molecule has 0 aliphatic rings. The number of H-pyrrole nitrogens is 2. The lowest BCUT2D eigenvalue weighted by Crippen LogP contribution is -2.14. The van der Waals surface area contributed by atoms with Crippen LogP contribution in [0, 0.1) is 11.8 Å². The number of aromatic amines is 2. The van der Waals surface area contributed by atoms with Gasteiger partial charge in [-0.3, -0.25) is 4.79 Å². The number of carbonyl (C=O) groups is 1. The van der Waals surface area contributed by atoms with Gasteiger partial charge in [-0.15, -0.1) is 0 Å². The van der Waals surface area contributed by atoms with E-state index in [0.29, 0.717) is 17.8 Å². The van der Waals surface area contributed by atoms with Gasteiger partial charge in [0.25, 0.3) is 5.91 Å². The van der Waals surface area contributed by atoms with Crippen molar-refractivity contribution in [3.8, 4) is 11.8 Å². The molecule has 4 N–H and O–H groups in total. The summed E-state index contributed by atoms with van der Waals surface area (Å²) in [5.41, 5.74) is 0.339. The summed E-state index contributed by atoms with van der Waals surface area (Å²) in [6.07, 6.45) is 3.18. The minimum atomic E-state index is -0.476. The second kappa shape index (κ2) is 6.36. The first-order chi connectivity index (χ1) is 9.69. The summed E-state index contributed by atoms with van der Waals surface area (Å²) in [4.78, 5) is 31.4. The summed E-state index contributed by atoms with van der Waals surface area (Å²) in [5, 5.41) is 11.2. The number of amides is 1. The zero-order valence-corrected chi connectivity index (χ0v) is 10.4. The number of hydrogen-bond donors (Lipinski definition) is 4. The second-order valence-corrected chi connectivity index (χ2v) is 3.82. The van der Waals surface area contributed by atoms with Crippen LogP contribution in [0.25, 0.3) is 0 Å². The molecule has 0 radical (unpaired) electrons. The fraction of sp³-hybridized carbons (Fsp3) is 0.154. The number of anilines is 1. The Morgan fingerprint density at radius 3 is 3.05 bits per heavy atom. The van der Waals surface area contributed by atoms with Gasteiger partial charge in [-0.1, -0.05) is 11.8 Å². The largest absolute Gasteiger partial charge is 0.395 e. The molecule has 0 saturated carbocycles. The van der Waals surface area contributed by atoms with E-state index in [1.165, 1.54) is 12.4 Å². The molecule has 0 aromatic carbocycles. The Morgan fingerprint density at radius 2 is 2.35 bits per heavy atom. The number of carbonyl (C=O) groups excluding carboxylic acids is 1. The van der Waals surface area contributed by atoms with Gasteiger partial charge in [0.05, 0.1) is 6.61 Å². The van der Waals surface area contributed by atoms with Crippen LogP contribution in [0.5, 0.6) is 0 Å². The molecule has 0 fully saturated rings. The third kappa shape index (κ3) is 3.57. The van der Waals surface area contributed by atoms with E-state index in [-0.39, 0.29) is 12.3 Å². The second-order valence-electron chi connectivity index (χ2n) is 3.82. The smallest absolute Gasteiger partial charge is 0.323 e. The zero-order chi connectivity index (χ0) is 14.4. The summed E-state index contributed by atoms with van der Waals surface area (Å²) in [7, 11) is 0. The van der Waals surface area contributed by atoms with Gasteiger partial charge in [-0.2, -0.15) is 0 Å². The van der Waals surface area contributed by atoms with Gasteiger partial charge < -0.3 is 20.4 Å². The predicted octanol–water partition coefficient (Wildman–Crippen LogP) is 0.0842. The Balaban J connectivity index is 2.10. The molecule has 0 atom stereocenters. The molecule has 0 aliphatic heterocycles. The topological polar surface area (TPSA) is 111 Å². The highest BCUT2D eigenvalue weighted by Gasteiger charge is 2.08. The van der Waals surface area contributed by atoms with E-state index in [9.17, 15) is 9.59 Å². The van der Waals surface area contributed by atoms with Crippen LogP contribution in [0.1, 0.15) is 22.5 Å². The lowest BCUT2D eigenvalue weighted by molar-refractivity contribution is 0.102. The summed E-state index contributed by atoms with van der Waals surface area (Å²) in [6, 6.07) is 3.30. The molecule has 0 unspecified atom stereocenters. The van der Waals surface area contributed by atoms with Crippen molar-refractivity contribution in [2.45, 2.75) is 6.42 Å². The van der Waals surface area contributed by atoms with E-state index in [2.05, 4.69) is 32.1 Å². The first-order valence-corrected chi connectivity index (χ1v) is 5.84. The number of imidazole rings is 1. The zero-order valence-electron chi connectivity index (χ0n) is 10.4. The fourth-order valence-electron chi connectivity index (χ4n) is 1.44. The van der Waals surface area contributed by atoms with Crippen LogP contribution >= 0.6 is 0 Å². The lowest BCUT2D eigenvalue weighted by Gasteiger charge is -2.02. The van der Waals surface area contributed by atoms with Crippen LogP contribution in [-0.4, -0.2) is 32.6 Å². The third-order valence-electron chi connectivity index (χ3n) is 2.31. The Hall–Kier alpha value is -2.85. The van der Waals surface area contributed by atoms with Crippen LogP contribution in [-0.2, 0) is 0 Å². The standard InChI is InChI=1S/C13H12N4O3/c18-6-2-1-3-9-4-5-14-11(7-9)17-12(19)10-8-15-13(20)16-10/h4-5,7-8,18H,2,6H2,(H,14,17,19)(H2,15,16,20). The van der Waals surface area contributed by atoms with Gasteiger partial charge in [-0.05, 0) is 12.1 Å². The normalized spacial score (nSPS) is 9.65. The Kier molecular flexibility index (Phi) is 4.32. The average molecular weight is 272 g/mol. The van der Waals surface area contributed by atoms with Crippen molar-refractivity contribution in [2.75, 3.05) is 11.9 Å². The van der Waals surface area contributed by atoms with Gasteiger partial charge in [0.1, 0.15) is 11.5 Å². The molecule has 2 aromatic heterocycles. The third-order valence-corrected chi connectivity index (χ3v) is 2.31. The highest BCUT2D eigenvalue weighted by atomic mass is 16.2. The molecular weight excluding hydrogens is 260 g/mol. The number of nitrogens with one attached hydrogen (secondary N) is 3. The number of pyridine rings is 1. The molecule has 2 aromatic rings. The molecule has 2 rings (SSSR count). The molecule has 7 heteroatoms. The lowest BCUT2D eigenvalue weighted by atomic mass is 10.2. The van der Waals surface area contributed by atoms with Crippen LogP contribution < -0.4 is 11.0 Å². The van der Waals surface area contributed by atoms with Gasteiger partial charge in [-0.25, -0.2) is 9.78 Å². The van der Waals surface area contributed by atoms with Gasteiger partial charge in [0.2, 0.25) is 0 Å². The first-order valence-electron chi connectivity index (χ1n) is 5.84. The molecule has 1 amide bonds. The van der Waals surface area contributed by atoms with Crippen LogP contribution in [0.2, 0.25) is 0 Å². The Bertz CT molecular complexity index is 721. The quantitative estimate of drug-likeness (QED) is 0.593. The highest BCUT2D eigenvalue weighted by molar-refractivity contribution is 6.02. The Labute approximate surface area is 114 Å². The number of aliphatic hydroxyl groups excluding tert-OH is 1. The van der Waals surface area contributed by atoms with Crippen molar-refractivity contribution >= 4 is 11.7 Å². The van der Waals surface area contributed by atoms with Crippen molar-refractivity contribution in [1.82, 2.24) is 15.0 Å². The maximum absolute atomic E-state index is 11.8. The summed E-state index contributed by atoms with van der Waals surface area (Å²) < 4.78 is 0. The number of rotatable bonds is 3. The molecule has 7 nitrogen and oxygen atoms in total. The SMILES string of the molecule is O=C(Nc1cc(C#CCCO)ccn1)c1c[nH]c(=O)[nH]1. The molecule has 0 aliphatic carbocycles. The molecule has 0 spiro atoms. The molecule has 0 saturated heterocycles. The average Bonchev–Trinajstić information content (AvgIpc) is 2.86. The molecule has 0 bridgehead atoms. The van der Waals surface area contributed by atoms with E-state index < -0.39 is 11.6 Å². The number of aliphatic hydroxyl groups is 1. The first kappa shape index (κ1) is 13.6. The van der Waals surface area contributed by atoms with E-state index in [1.807, 2.05) is 0 Å². The minimum absolute atomic E-state index is 0.00251. The number of hydrogen-bond acceptors (Lipinski definition) is 4. The van der Waals surface area contributed by atoms with E-state index in [0.717, 1.165) is 0 Å². The van der Waals surface area contributed by atoms with Crippen molar-refractivity contribution in [3.05, 3.63) is 46.3 Å².